The lowest BCUT2D eigenvalue weighted by Gasteiger charge is -2.30. The predicted octanol–water partition coefficient (Wildman–Crippen LogP) is 8.17. The van der Waals surface area contributed by atoms with Gasteiger partial charge in [-0.3, -0.25) is 0 Å². The fraction of sp³-hybridized carbons (Fsp3) is 0.161. The van der Waals surface area contributed by atoms with Crippen LogP contribution in [0.1, 0.15) is 47.3 Å². The Morgan fingerprint density at radius 2 is 1.62 bits per heavy atom. The van der Waals surface area contributed by atoms with Crippen molar-refractivity contribution >= 4 is 38.5 Å². The van der Waals surface area contributed by atoms with Gasteiger partial charge < -0.3 is 9.52 Å². The lowest BCUT2D eigenvalue weighted by Crippen LogP contribution is -2.28. The Balaban J connectivity index is 1.58. The quantitative estimate of drug-likeness (QED) is 0.297. The number of rotatable bonds is 2. The molecule has 4 aromatic rings. The maximum absolute atomic E-state index is 12.8. The summed E-state index contributed by atoms with van der Waals surface area (Å²) in [5.41, 5.74) is 8.02. The van der Waals surface area contributed by atoms with Gasteiger partial charge in [-0.1, -0.05) is 78.9 Å². The van der Waals surface area contributed by atoms with Crippen molar-refractivity contribution in [1.82, 2.24) is 0 Å². The summed E-state index contributed by atoms with van der Waals surface area (Å²) in [5.74, 6) is 1.04. The standard InChI is InChI=1S/C31H23BrO2/c32-26-18-25-28(30-29(26)22-14-6-9-17-27(22)34-30)21-13-5-8-16-24(21)31(25,33)23-15-7-4-12-20(23)19-10-2-1-3-11-19/h1-4,6-8,10-12,14-16,18,33H,5,9,13,17H2. The van der Waals surface area contributed by atoms with Gasteiger partial charge in [0.25, 0.3) is 0 Å². The highest BCUT2D eigenvalue weighted by atomic mass is 79.9. The minimum absolute atomic E-state index is 0.895. The Bertz CT molecular complexity index is 1570. The average Bonchev–Trinajstić information content (AvgIpc) is 3.40. The van der Waals surface area contributed by atoms with Crippen LogP contribution in [0, 0.1) is 0 Å². The zero-order valence-electron chi connectivity index (χ0n) is 18.6. The van der Waals surface area contributed by atoms with Gasteiger partial charge in [0.1, 0.15) is 16.9 Å². The molecule has 0 amide bonds. The molecule has 2 nitrogen and oxygen atoms in total. The highest BCUT2D eigenvalue weighted by Crippen LogP contribution is 2.57. The van der Waals surface area contributed by atoms with Gasteiger partial charge in [-0.05, 0) is 63.5 Å². The van der Waals surface area contributed by atoms with Crippen molar-refractivity contribution in [1.29, 1.82) is 0 Å². The molecule has 0 spiro atoms. The van der Waals surface area contributed by atoms with Gasteiger partial charge in [0.15, 0.2) is 0 Å². The summed E-state index contributed by atoms with van der Waals surface area (Å²) >= 11 is 3.85. The maximum Gasteiger partial charge on any atom is 0.143 e. The summed E-state index contributed by atoms with van der Waals surface area (Å²) in [7, 11) is 0. The average molecular weight is 507 g/mol. The second-order valence-electron chi connectivity index (χ2n) is 9.32. The third-order valence-corrected chi connectivity index (χ3v) is 8.13. The van der Waals surface area contributed by atoms with Crippen molar-refractivity contribution in [3.8, 4) is 11.1 Å². The molecule has 0 bridgehead atoms. The van der Waals surface area contributed by atoms with Crippen LogP contribution >= 0.6 is 15.9 Å². The smallest absolute Gasteiger partial charge is 0.143 e. The number of allylic oxidation sites excluding steroid dienone is 3. The minimum Gasteiger partial charge on any atom is -0.460 e. The van der Waals surface area contributed by atoms with Crippen LogP contribution < -0.4 is 0 Å². The fourth-order valence-corrected chi connectivity index (χ4v) is 6.65. The summed E-state index contributed by atoms with van der Waals surface area (Å²) in [5, 5.41) is 13.9. The van der Waals surface area contributed by atoms with Gasteiger partial charge in [0.2, 0.25) is 0 Å². The molecule has 1 aromatic heterocycles. The number of benzene rings is 3. The minimum atomic E-state index is -1.26. The van der Waals surface area contributed by atoms with E-state index in [1.54, 1.807) is 0 Å². The molecule has 0 aliphatic heterocycles. The number of fused-ring (bicyclic) bond motifs is 6. The molecule has 0 radical (unpaired) electrons. The molecular weight excluding hydrogens is 484 g/mol. The SMILES string of the molecule is OC1(c2ccccc2-c2ccccc2)C2=C(CCC=C2)c2c1cc(Br)c1c3c(oc21)CCC=C3. The first-order chi connectivity index (χ1) is 16.7. The molecule has 0 saturated heterocycles. The van der Waals surface area contributed by atoms with E-state index in [9.17, 15) is 5.11 Å². The van der Waals surface area contributed by atoms with Crippen LogP contribution in [0.4, 0.5) is 0 Å². The molecule has 7 rings (SSSR count). The van der Waals surface area contributed by atoms with Gasteiger partial charge in [-0.2, -0.15) is 0 Å². The number of hydrogen-bond donors (Lipinski definition) is 1. The number of halogens is 1. The Labute approximate surface area is 207 Å². The van der Waals surface area contributed by atoms with E-state index >= 15 is 0 Å². The Hall–Kier alpha value is -3.14. The summed E-state index contributed by atoms with van der Waals surface area (Å²) in [4.78, 5) is 0. The number of furan rings is 1. The molecule has 1 heterocycles. The molecule has 3 aliphatic rings. The first-order valence-electron chi connectivity index (χ1n) is 11.9. The van der Waals surface area contributed by atoms with Gasteiger partial charge in [0, 0.05) is 38.5 Å². The zero-order chi connectivity index (χ0) is 22.9. The van der Waals surface area contributed by atoms with Gasteiger partial charge in [-0.25, -0.2) is 0 Å². The molecule has 1 N–H and O–H groups in total. The monoisotopic (exact) mass is 506 g/mol. The van der Waals surface area contributed by atoms with E-state index in [2.05, 4.69) is 70.6 Å². The normalized spacial score (nSPS) is 20.5. The lowest BCUT2D eigenvalue weighted by molar-refractivity contribution is 0.129. The molecule has 1 atom stereocenters. The second kappa shape index (κ2) is 7.43. The summed E-state index contributed by atoms with van der Waals surface area (Å²) in [6, 6.07) is 20.7. The van der Waals surface area contributed by atoms with Crippen LogP contribution in [0.15, 0.2) is 93.4 Å². The molecule has 34 heavy (non-hydrogen) atoms. The topological polar surface area (TPSA) is 33.4 Å². The van der Waals surface area contributed by atoms with Crippen molar-refractivity contribution < 1.29 is 9.52 Å². The number of aliphatic hydroxyl groups is 1. The van der Waals surface area contributed by atoms with E-state index in [1.165, 1.54) is 11.1 Å². The number of hydrogen-bond acceptors (Lipinski definition) is 2. The molecular formula is C31H23BrO2. The van der Waals surface area contributed by atoms with Crippen molar-refractivity contribution in [2.24, 2.45) is 0 Å². The van der Waals surface area contributed by atoms with E-state index in [1.807, 2.05) is 30.3 Å². The van der Waals surface area contributed by atoms with E-state index in [0.717, 1.165) is 80.3 Å². The van der Waals surface area contributed by atoms with E-state index in [-0.39, 0.29) is 0 Å². The Kier molecular flexibility index (Phi) is 4.42. The van der Waals surface area contributed by atoms with Crippen molar-refractivity contribution in [3.63, 3.8) is 0 Å². The van der Waals surface area contributed by atoms with Gasteiger partial charge >= 0.3 is 0 Å². The second-order valence-corrected chi connectivity index (χ2v) is 10.2. The van der Waals surface area contributed by atoms with Crippen LogP contribution in [0.5, 0.6) is 0 Å². The molecule has 0 fully saturated rings. The van der Waals surface area contributed by atoms with Crippen LogP contribution in [-0.4, -0.2) is 5.11 Å². The van der Waals surface area contributed by atoms with Crippen molar-refractivity contribution in [3.05, 3.63) is 117 Å². The van der Waals surface area contributed by atoms with Gasteiger partial charge in [0.05, 0.1) is 0 Å². The van der Waals surface area contributed by atoms with Crippen LogP contribution in [-0.2, 0) is 12.0 Å². The molecule has 0 saturated carbocycles. The van der Waals surface area contributed by atoms with E-state index in [4.69, 9.17) is 4.42 Å². The molecule has 3 heteroatoms. The predicted molar refractivity (Wildman–Crippen MR) is 141 cm³/mol. The van der Waals surface area contributed by atoms with E-state index < -0.39 is 5.60 Å². The summed E-state index contributed by atoms with van der Waals surface area (Å²) in [6.45, 7) is 0. The number of aryl methyl sites for hydroxylation is 1. The molecule has 3 aliphatic carbocycles. The molecule has 3 aromatic carbocycles. The first kappa shape index (κ1) is 20.3. The summed E-state index contributed by atoms with van der Waals surface area (Å²) in [6.07, 6.45) is 12.5. The van der Waals surface area contributed by atoms with Crippen LogP contribution in [0.2, 0.25) is 0 Å². The van der Waals surface area contributed by atoms with Crippen molar-refractivity contribution in [2.75, 3.05) is 0 Å². The Morgan fingerprint density at radius 1 is 0.853 bits per heavy atom. The van der Waals surface area contributed by atoms with Crippen LogP contribution in [0.3, 0.4) is 0 Å². The third-order valence-electron chi connectivity index (χ3n) is 7.50. The van der Waals surface area contributed by atoms with Gasteiger partial charge in [-0.15, -0.1) is 0 Å². The highest BCUT2D eigenvalue weighted by molar-refractivity contribution is 9.10. The summed E-state index contributed by atoms with van der Waals surface area (Å²) < 4.78 is 7.53. The third kappa shape index (κ3) is 2.65. The van der Waals surface area contributed by atoms with Crippen molar-refractivity contribution in [2.45, 2.75) is 31.3 Å². The molecule has 166 valence electrons. The highest BCUT2D eigenvalue weighted by Gasteiger charge is 2.47. The van der Waals surface area contributed by atoms with E-state index in [0.29, 0.717) is 0 Å². The zero-order valence-corrected chi connectivity index (χ0v) is 20.2. The lowest BCUT2D eigenvalue weighted by atomic mass is 9.78. The van der Waals surface area contributed by atoms with Crippen LogP contribution in [0.25, 0.3) is 33.7 Å². The fourth-order valence-electron chi connectivity index (χ4n) is 6.03. The first-order valence-corrected chi connectivity index (χ1v) is 12.7. The Morgan fingerprint density at radius 3 is 2.50 bits per heavy atom. The molecule has 1 unspecified atom stereocenters. The largest absolute Gasteiger partial charge is 0.460 e. The maximum atomic E-state index is 12.8.